The number of para-hydroxylation sites is 1. The normalized spacial score (nSPS) is 18.2. The number of thiocarbonyl (C=S) groups is 1. The van der Waals surface area contributed by atoms with Gasteiger partial charge in [0.2, 0.25) is 0 Å². The van der Waals surface area contributed by atoms with Crippen molar-refractivity contribution >= 4 is 34.3 Å². The summed E-state index contributed by atoms with van der Waals surface area (Å²) in [5, 5.41) is 4.14. The van der Waals surface area contributed by atoms with Gasteiger partial charge in [-0.1, -0.05) is 18.2 Å². The summed E-state index contributed by atoms with van der Waals surface area (Å²) in [6.45, 7) is 4.45. The van der Waals surface area contributed by atoms with Gasteiger partial charge >= 0.3 is 0 Å². The number of allylic oxidation sites excluding steroid dienone is 1. The lowest BCUT2D eigenvalue weighted by Crippen LogP contribution is -2.51. The number of hydrogen-bond acceptors (Lipinski definition) is 4. The first-order valence-electron chi connectivity index (χ1n) is 9.78. The zero-order chi connectivity index (χ0) is 19.3. The Kier molecular flexibility index (Phi) is 5.67. The lowest BCUT2D eigenvalue weighted by Gasteiger charge is -2.37. The molecule has 2 aliphatic rings. The number of nitrogens with one attached hydrogen (secondary N) is 1. The molecular formula is C22H26N4OS. The predicted molar refractivity (Wildman–Crippen MR) is 120 cm³/mol. The number of benzene rings is 2. The maximum Gasteiger partial charge on any atom is 0.173 e. The minimum atomic E-state index is 0.756. The van der Waals surface area contributed by atoms with Gasteiger partial charge in [-0.25, -0.2) is 0 Å². The molecule has 5 nitrogen and oxygen atoms in total. The van der Waals surface area contributed by atoms with Crippen LogP contribution in [0.1, 0.15) is 18.4 Å². The van der Waals surface area contributed by atoms with Gasteiger partial charge in [0.15, 0.2) is 5.11 Å². The highest BCUT2D eigenvalue weighted by molar-refractivity contribution is 7.80. The van der Waals surface area contributed by atoms with Crippen LogP contribution in [0, 0.1) is 0 Å². The zero-order valence-electron chi connectivity index (χ0n) is 15.9. The van der Waals surface area contributed by atoms with Crippen LogP contribution in [0.25, 0.3) is 5.57 Å². The first kappa shape index (κ1) is 18.6. The van der Waals surface area contributed by atoms with Crippen molar-refractivity contribution in [1.82, 2.24) is 10.2 Å². The summed E-state index contributed by atoms with van der Waals surface area (Å²) in [6.07, 6.45) is 4.05. The molecule has 0 atom stereocenters. The van der Waals surface area contributed by atoms with E-state index in [4.69, 9.17) is 22.7 Å². The molecule has 0 aromatic heterocycles. The highest BCUT2D eigenvalue weighted by Gasteiger charge is 2.19. The van der Waals surface area contributed by atoms with Crippen molar-refractivity contribution in [2.75, 3.05) is 43.4 Å². The molecule has 0 radical (unpaired) electrons. The average Bonchev–Trinajstić information content (AvgIpc) is 2.95. The van der Waals surface area contributed by atoms with Gasteiger partial charge in [0, 0.05) is 49.3 Å². The maximum absolute atomic E-state index is 5.84. The molecule has 0 bridgehead atoms. The summed E-state index contributed by atoms with van der Waals surface area (Å²) >= 11 is 5.65. The Balaban J connectivity index is 1.36. The van der Waals surface area contributed by atoms with E-state index in [1.807, 2.05) is 24.3 Å². The molecule has 0 aliphatic carbocycles. The molecule has 2 aromatic carbocycles. The number of anilines is 2. The molecular weight excluding hydrogens is 368 g/mol. The summed E-state index contributed by atoms with van der Waals surface area (Å²) in [4.78, 5) is 4.61. The van der Waals surface area contributed by atoms with Crippen molar-refractivity contribution in [3.63, 3.8) is 0 Å². The van der Waals surface area contributed by atoms with E-state index >= 15 is 0 Å². The Morgan fingerprint density at radius 3 is 2.57 bits per heavy atom. The lowest BCUT2D eigenvalue weighted by molar-refractivity contribution is 0.318. The Hall–Kier alpha value is -2.73. The van der Waals surface area contributed by atoms with Gasteiger partial charge in [0.25, 0.3) is 0 Å². The van der Waals surface area contributed by atoms with E-state index in [-0.39, 0.29) is 0 Å². The third-order valence-electron chi connectivity index (χ3n) is 5.28. The summed E-state index contributed by atoms with van der Waals surface area (Å²) in [7, 11) is 0. The summed E-state index contributed by atoms with van der Waals surface area (Å²) in [5.74, 6) is 0.955. The molecule has 0 amide bonds. The van der Waals surface area contributed by atoms with Crippen molar-refractivity contribution in [3.05, 3.63) is 60.3 Å². The monoisotopic (exact) mass is 394 g/mol. The van der Waals surface area contributed by atoms with Crippen LogP contribution >= 0.6 is 12.2 Å². The molecule has 0 spiro atoms. The predicted octanol–water partition coefficient (Wildman–Crippen LogP) is 3.48. The minimum Gasteiger partial charge on any atom is -0.493 e. The highest BCUT2D eigenvalue weighted by atomic mass is 32.1. The van der Waals surface area contributed by atoms with E-state index in [9.17, 15) is 0 Å². The molecule has 0 saturated carbocycles. The van der Waals surface area contributed by atoms with Crippen molar-refractivity contribution in [1.29, 1.82) is 0 Å². The SMILES string of the molecule is Nc1ccc(N2CCN(C(=S)N/C=C3/CCCOc4ccccc43)CC2)cc1. The number of nitrogen functional groups attached to an aromatic ring is 1. The van der Waals surface area contributed by atoms with Gasteiger partial charge in [-0.2, -0.15) is 0 Å². The van der Waals surface area contributed by atoms with Gasteiger partial charge in [-0.05, 0) is 61.0 Å². The smallest absolute Gasteiger partial charge is 0.173 e. The molecule has 1 saturated heterocycles. The summed E-state index contributed by atoms with van der Waals surface area (Å²) in [6, 6.07) is 16.3. The van der Waals surface area contributed by atoms with Crippen LogP contribution in [0.5, 0.6) is 5.75 Å². The topological polar surface area (TPSA) is 53.8 Å². The second-order valence-electron chi connectivity index (χ2n) is 7.13. The fraction of sp³-hybridized carbons (Fsp3) is 0.318. The molecule has 28 heavy (non-hydrogen) atoms. The van der Waals surface area contributed by atoms with Gasteiger partial charge in [-0.3, -0.25) is 0 Å². The van der Waals surface area contributed by atoms with Crippen molar-refractivity contribution in [3.8, 4) is 5.75 Å². The Morgan fingerprint density at radius 2 is 1.79 bits per heavy atom. The first-order valence-corrected chi connectivity index (χ1v) is 10.2. The van der Waals surface area contributed by atoms with E-state index in [1.165, 1.54) is 11.3 Å². The third kappa shape index (κ3) is 4.22. The van der Waals surface area contributed by atoms with E-state index in [0.29, 0.717) is 0 Å². The Labute approximate surface area is 171 Å². The summed E-state index contributed by atoms with van der Waals surface area (Å²) in [5.41, 5.74) is 10.2. The van der Waals surface area contributed by atoms with Crippen molar-refractivity contribution in [2.45, 2.75) is 12.8 Å². The fourth-order valence-electron chi connectivity index (χ4n) is 3.68. The van der Waals surface area contributed by atoms with Crippen LogP contribution in [0.15, 0.2) is 54.7 Å². The quantitative estimate of drug-likeness (QED) is 0.601. The van der Waals surface area contributed by atoms with E-state index in [2.05, 4.69) is 45.6 Å². The van der Waals surface area contributed by atoms with Gasteiger partial charge in [0.05, 0.1) is 6.61 Å². The maximum atomic E-state index is 5.84. The highest BCUT2D eigenvalue weighted by Crippen LogP contribution is 2.31. The van der Waals surface area contributed by atoms with Crippen LogP contribution < -0.4 is 20.7 Å². The van der Waals surface area contributed by atoms with Crippen LogP contribution in [-0.4, -0.2) is 42.8 Å². The zero-order valence-corrected chi connectivity index (χ0v) is 16.8. The number of fused-ring (bicyclic) bond motifs is 1. The number of rotatable bonds is 2. The molecule has 6 heteroatoms. The van der Waals surface area contributed by atoms with Crippen LogP contribution in [-0.2, 0) is 0 Å². The third-order valence-corrected chi connectivity index (χ3v) is 5.65. The number of hydrogen-bond donors (Lipinski definition) is 2. The van der Waals surface area contributed by atoms with Gasteiger partial charge in [0.1, 0.15) is 5.75 Å². The number of ether oxygens (including phenoxy) is 1. The molecule has 2 aromatic rings. The molecule has 3 N–H and O–H groups in total. The molecule has 0 unspecified atom stereocenters. The van der Waals surface area contributed by atoms with Crippen molar-refractivity contribution in [2.24, 2.45) is 0 Å². The van der Waals surface area contributed by atoms with Crippen molar-refractivity contribution < 1.29 is 4.74 Å². The van der Waals surface area contributed by atoms with E-state index < -0.39 is 0 Å². The molecule has 146 valence electrons. The summed E-state index contributed by atoms with van der Waals surface area (Å²) < 4.78 is 5.84. The lowest BCUT2D eigenvalue weighted by atomic mass is 10.0. The standard InChI is InChI=1S/C22H26N4OS/c23-18-7-9-19(10-8-18)25-11-13-26(14-12-25)22(28)24-16-17-4-3-15-27-21-6-2-1-5-20(17)21/h1-2,5-10,16H,3-4,11-15,23H2,(H,24,28)/b17-16-. The second-order valence-corrected chi connectivity index (χ2v) is 7.52. The fourth-order valence-corrected chi connectivity index (χ4v) is 3.92. The number of nitrogens with zero attached hydrogens (tertiary/aromatic N) is 2. The van der Waals surface area contributed by atoms with E-state index in [1.54, 1.807) is 0 Å². The number of piperazine rings is 1. The second kappa shape index (κ2) is 8.52. The van der Waals surface area contributed by atoms with Gasteiger partial charge < -0.3 is 25.6 Å². The van der Waals surface area contributed by atoms with E-state index in [0.717, 1.165) is 67.7 Å². The van der Waals surface area contributed by atoms with Crippen LogP contribution in [0.2, 0.25) is 0 Å². The number of nitrogens with two attached hydrogens (primary N) is 1. The van der Waals surface area contributed by atoms with Gasteiger partial charge in [-0.15, -0.1) is 0 Å². The minimum absolute atomic E-state index is 0.756. The Bertz CT molecular complexity index is 857. The Morgan fingerprint density at radius 1 is 1.04 bits per heavy atom. The molecule has 2 heterocycles. The largest absolute Gasteiger partial charge is 0.493 e. The molecule has 1 fully saturated rings. The average molecular weight is 395 g/mol. The van der Waals surface area contributed by atoms with Crippen LogP contribution in [0.3, 0.4) is 0 Å². The van der Waals surface area contributed by atoms with Crippen LogP contribution in [0.4, 0.5) is 11.4 Å². The molecule has 2 aliphatic heterocycles. The first-order chi connectivity index (χ1) is 13.7. The molecule has 4 rings (SSSR count).